The first kappa shape index (κ1) is 23.7. The van der Waals surface area contributed by atoms with Crippen LogP contribution < -0.4 is 10.9 Å². The minimum atomic E-state index is -0.0570. The summed E-state index contributed by atoms with van der Waals surface area (Å²) in [5.74, 6) is 0. The molecule has 7 nitrogen and oxygen atoms in total. The average Bonchev–Trinajstić information content (AvgIpc) is 2.77. The van der Waals surface area contributed by atoms with E-state index in [0.29, 0.717) is 18.3 Å². The van der Waals surface area contributed by atoms with Crippen molar-refractivity contribution in [3.8, 4) is 0 Å². The molecule has 2 heterocycles. The maximum absolute atomic E-state index is 12.7. The van der Waals surface area contributed by atoms with Crippen molar-refractivity contribution in [2.75, 3.05) is 59.7 Å². The fraction of sp³-hybridized carbons (Fsp3) is 0.565. The number of nitrogens with one attached hydrogen (secondary N) is 2. The number of benzene rings is 1. The zero-order chi connectivity index (χ0) is 22.1. The summed E-state index contributed by atoms with van der Waals surface area (Å²) in [7, 11) is 1.70. The van der Waals surface area contributed by atoms with Crippen molar-refractivity contribution in [3.05, 3.63) is 45.7 Å². The highest BCUT2D eigenvalue weighted by Crippen LogP contribution is 2.14. The van der Waals surface area contributed by atoms with Crippen molar-refractivity contribution < 1.29 is 9.47 Å². The van der Waals surface area contributed by atoms with Gasteiger partial charge in [0.2, 0.25) is 0 Å². The van der Waals surface area contributed by atoms with Crippen LogP contribution in [0.2, 0.25) is 0 Å². The second-order valence-corrected chi connectivity index (χ2v) is 8.41. The van der Waals surface area contributed by atoms with Gasteiger partial charge in [-0.1, -0.05) is 12.1 Å². The lowest BCUT2D eigenvalue weighted by atomic mass is 10.1. The predicted molar refractivity (Wildman–Crippen MR) is 129 cm³/mol. The summed E-state index contributed by atoms with van der Waals surface area (Å²) in [5.41, 5.74) is 2.66. The second-order valence-electron chi connectivity index (χ2n) is 8.02. The number of H-pyrrole nitrogens is 1. The van der Waals surface area contributed by atoms with Crippen LogP contribution in [0.5, 0.6) is 0 Å². The van der Waals surface area contributed by atoms with Gasteiger partial charge in [0, 0.05) is 57.5 Å². The number of nitrogens with zero attached hydrogens (tertiary/aromatic N) is 2. The summed E-state index contributed by atoms with van der Waals surface area (Å²) >= 11 is 5.68. The molecule has 0 radical (unpaired) electrons. The molecule has 1 aromatic heterocycles. The molecule has 0 atom stereocenters. The lowest BCUT2D eigenvalue weighted by molar-refractivity contribution is 0.0367. The van der Waals surface area contributed by atoms with E-state index in [1.54, 1.807) is 7.11 Å². The van der Waals surface area contributed by atoms with Crippen molar-refractivity contribution in [1.82, 2.24) is 20.1 Å². The molecule has 0 spiro atoms. The molecule has 0 unspecified atom stereocenters. The monoisotopic (exact) mass is 446 g/mol. The largest absolute Gasteiger partial charge is 0.385 e. The number of pyridine rings is 1. The van der Waals surface area contributed by atoms with Crippen LogP contribution in [0, 0.1) is 6.92 Å². The van der Waals surface area contributed by atoms with E-state index in [2.05, 4.69) is 26.2 Å². The van der Waals surface area contributed by atoms with Crippen molar-refractivity contribution in [3.63, 3.8) is 0 Å². The first-order valence-electron chi connectivity index (χ1n) is 11.0. The number of morpholine rings is 1. The molecule has 2 aromatic rings. The Hall–Kier alpha value is -2.00. The Morgan fingerprint density at radius 3 is 2.87 bits per heavy atom. The third-order valence-corrected chi connectivity index (χ3v) is 5.94. The van der Waals surface area contributed by atoms with Gasteiger partial charge in [0.15, 0.2) is 5.11 Å². The number of hydrogen-bond acceptors (Lipinski definition) is 5. The highest BCUT2D eigenvalue weighted by Gasteiger charge is 2.15. The molecular formula is C23H34N4O3S. The Balaban J connectivity index is 1.67. The number of hydrogen-bond donors (Lipinski definition) is 2. The molecule has 0 saturated carbocycles. The highest BCUT2D eigenvalue weighted by molar-refractivity contribution is 7.80. The van der Waals surface area contributed by atoms with E-state index in [1.807, 2.05) is 25.1 Å². The molecule has 1 fully saturated rings. The third-order valence-electron chi connectivity index (χ3n) is 5.53. The van der Waals surface area contributed by atoms with Gasteiger partial charge in [-0.15, -0.1) is 0 Å². The average molecular weight is 447 g/mol. The van der Waals surface area contributed by atoms with Crippen LogP contribution in [-0.2, 0) is 16.0 Å². The number of aryl methyl sites for hydroxylation is 1. The summed E-state index contributed by atoms with van der Waals surface area (Å²) < 4.78 is 10.6. The van der Waals surface area contributed by atoms with Gasteiger partial charge in [-0.3, -0.25) is 9.69 Å². The molecule has 0 aliphatic carbocycles. The molecular weight excluding hydrogens is 412 g/mol. The Kier molecular flexibility index (Phi) is 9.27. The van der Waals surface area contributed by atoms with Crippen molar-refractivity contribution in [1.29, 1.82) is 0 Å². The molecule has 170 valence electrons. The van der Waals surface area contributed by atoms with Gasteiger partial charge in [0.25, 0.3) is 5.56 Å². The van der Waals surface area contributed by atoms with E-state index in [-0.39, 0.29) is 5.56 Å². The summed E-state index contributed by atoms with van der Waals surface area (Å²) in [6, 6.07) is 8.10. The predicted octanol–water partition coefficient (Wildman–Crippen LogP) is 2.27. The lowest BCUT2D eigenvalue weighted by Gasteiger charge is -2.29. The molecule has 1 aliphatic heterocycles. The number of fused-ring (bicyclic) bond motifs is 1. The van der Waals surface area contributed by atoms with E-state index in [4.69, 9.17) is 21.7 Å². The number of thiocarbonyl (C=S) groups is 1. The Morgan fingerprint density at radius 1 is 1.29 bits per heavy atom. The maximum Gasteiger partial charge on any atom is 0.253 e. The normalized spacial score (nSPS) is 14.6. The van der Waals surface area contributed by atoms with E-state index < -0.39 is 0 Å². The van der Waals surface area contributed by atoms with Crippen molar-refractivity contribution >= 4 is 28.2 Å². The molecule has 31 heavy (non-hydrogen) atoms. The standard InChI is InChI=1S/C23H34N4O3S/c1-18-5-6-19-16-20(22(28)25-21(19)15-18)17-27(23(31)24-7-3-12-29-2)9-4-8-26-10-13-30-14-11-26/h5-6,15-16H,3-4,7-14,17H2,1-2H3,(H,24,31)(H,25,28). The second kappa shape index (κ2) is 12.1. The summed E-state index contributed by atoms with van der Waals surface area (Å²) in [6.07, 6.45) is 1.86. The Bertz CT molecular complexity index is 911. The molecule has 8 heteroatoms. The van der Waals surface area contributed by atoms with Gasteiger partial charge in [-0.05, 0) is 55.1 Å². The van der Waals surface area contributed by atoms with Crippen LogP contribution in [0.1, 0.15) is 24.0 Å². The fourth-order valence-corrected chi connectivity index (χ4v) is 4.03. The maximum atomic E-state index is 12.7. The molecule has 1 saturated heterocycles. The van der Waals surface area contributed by atoms with Gasteiger partial charge in [0.05, 0.1) is 19.8 Å². The lowest BCUT2D eigenvalue weighted by Crippen LogP contribution is -2.43. The topological polar surface area (TPSA) is 69.8 Å². The minimum Gasteiger partial charge on any atom is -0.385 e. The number of aromatic nitrogens is 1. The van der Waals surface area contributed by atoms with E-state index in [0.717, 1.165) is 80.8 Å². The minimum absolute atomic E-state index is 0.0570. The smallest absolute Gasteiger partial charge is 0.253 e. The van der Waals surface area contributed by atoms with E-state index >= 15 is 0 Å². The molecule has 0 bridgehead atoms. The number of rotatable bonds is 10. The van der Waals surface area contributed by atoms with Gasteiger partial charge in [-0.25, -0.2) is 0 Å². The first-order valence-corrected chi connectivity index (χ1v) is 11.4. The van der Waals surface area contributed by atoms with Crippen LogP contribution in [0.3, 0.4) is 0 Å². The summed E-state index contributed by atoms with van der Waals surface area (Å²) in [5, 5.41) is 5.04. The zero-order valence-corrected chi connectivity index (χ0v) is 19.4. The third kappa shape index (κ3) is 7.28. The van der Waals surface area contributed by atoms with Crippen LogP contribution in [-0.4, -0.2) is 79.6 Å². The van der Waals surface area contributed by atoms with Crippen LogP contribution in [0.4, 0.5) is 0 Å². The SMILES string of the molecule is COCCCNC(=S)N(CCCN1CCOCC1)Cc1cc2ccc(C)cc2[nH]c1=O. The van der Waals surface area contributed by atoms with Crippen LogP contribution >= 0.6 is 12.2 Å². The Morgan fingerprint density at radius 2 is 2.10 bits per heavy atom. The van der Waals surface area contributed by atoms with Crippen LogP contribution in [0.15, 0.2) is 29.1 Å². The van der Waals surface area contributed by atoms with Crippen molar-refractivity contribution in [2.24, 2.45) is 0 Å². The number of aromatic amines is 1. The van der Waals surface area contributed by atoms with Gasteiger partial charge >= 0.3 is 0 Å². The summed E-state index contributed by atoms with van der Waals surface area (Å²) in [4.78, 5) is 20.3. The number of ether oxygens (including phenoxy) is 2. The molecule has 1 aromatic carbocycles. The molecule has 2 N–H and O–H groups in total. The molecule has 0 amide bonds. The van der Waals surface area contributed by atoms with E-state index in [9.17, 15) is 4.79 Å². The fourth-order valence-electron chi connectivity index (χ4n) is 3.77. The molecule has 1 aliphatic rings. The van der Waals surface area contributed by atoms with Crippen LogP contribution in [0.25, 0.3) is 10.9 Å². The summed E-state index contributed by atoms with van der Waals surface area (Å²) in [6.45, 7) is 9.29. The first-order chi connectivity index (χ1) is 15.1. The van der Waals surface area contributed by atoms with Crippen molar-refractivity contribution in [2.45, 2.75) is 26.3 Å². The highest BCUT2D eigenvalue weighted by atomic mass is 32.1. The van der Waals surface area contributed by atoms with Gasteiger partial charge in [0.1, 0.15) is 0 Å². The Labute approximate surface area is 189 Å². The van der Waals surface area contributed by atoms with Gasteiger partial charge < -0.3 is 24.7 Å². The van der Waals surface area contributed by atoms with E-state index in [1.165, 1.54) is 0 Å². The van der Waals surface area contributed by atoms with Gasteiger partial charge in [-0.2, -0.15) is 0 Å². The molecule has 3 rings (SSSR count). The quantitative estimate of drug-likeness (QED) is 0.429. The number of methoxy groups -OCH3 is 1. The zero-order valence-electron chi connectivity index (χ0n) is 18.6.